The van der Waals surface area contributed by atoms with Gasteiger partial charge in [-0.05, 0) is 27.7 Å². The number of nitrogens with two attached hydrogens (primary N) is 1. The highest BCUT2D eigenvalue weighted by Gasteiger charge is 2.23. The number of rotatable bonds is 5. The van der Waals surface area contributed by atoms with Crippen molar-refractivity contribution in [3.05, 3.63) is 0 Å². The van der Waals surface area contributed by atoms with Crippen LogP contribution in [0.3, 0.4) is 0 Å². The first-order valence-corrected chi connectivity index (χ1v) is 5.42. The third-order valence-electron chi connectivity index (χ3n) is 1.91. The number of amides is 1. The van der Waals surface area contributed by atoms with Crippen molar-refractivity contribution < 1.29 is 14.3 Å². The zero-order valence-electron chi connectivity index (χ0n) is 11.1. The molecule has 0 bridgehead atoms. The van der Waals surface area contributed by atoms with E-state index in [0.717, 1.165) is 0 Å². The molecular weight excluding hydrogens is 244 g/mol. The largest absolute Gasteiger partial charge is 0.463 e. The molecule has 0 spiro atoms. The van der Waals surface area contributed by atoms with Gasteiger partial charge in [0.2, 0.25) is 5.91 Å². The zero-order chi connectivity index (χ0) is 12.9. The molecular formula is C11H23ClN2O3. The predicted octanol–water partition coefficient (Wildman–Crippen LogP) is 0.849. The van der Waals surface area contributed by atoms with E-state index in [1.54, 1.807) is 34.6 Å². The Morgan fingerprint density at radius 3 is 2.12 bits per heavy atom. The van der Waals surface area contributed by atoms with E-state index in [1.807, 2.05) is 0 Å². The summed E-state index contributed by atoms with van der Waals surface area (Å²) >= 11 is 0. The molecule has 3 N–H and O–H groups in total. The molecule has 1 unspecified atom stereocenters. The van der Waals surface area contributed by atoms with Crippen molar-refractivity contribution in [1.82, 2.24) is 5.32 Å². The fourth-order valence-electron chi connectivity index (χ4n) is 0.905. The highest BCUT2D eigenvalue weighted by Crippen LogP contribution is 2.02. The van der Waals surface area contributed by atoms with Crippen LogP contribution in [0.15, 0.2) is 0 Å². The number of carbonyl (C=O) groups is 2. The van der Waals surface area contributed by atoms with Gasteiger partial charge in [-0.25, -0.2) is 0 Å². The lowest BCUT2D eigenvalue weighted by Gasteiger charge is -2.20. The van der Waals surface area contributed by atoms with Gasteiger partial charge < -0.3 is 15.8 Å². The molecule has 1 amide bonds. The van der Waals surface area contributed by atoms with Gasteiger partial charge >= 0.3 is 5.97 Å². The van der Waals surface area contributed by atoms with Crippen molar-refractivity contribution >= 4 is 24.3 Å². The topological polar surface area (TPSA) is 81.4 Å². The van der Waals surface area contributed by atoms with Crippen molar-refractivity contribution in [3.63, 3.8) is 0 Å². The molecule has 17 heavy (non-hydrogen) atoms. The van der Waals surface area contributed by atoms with Crippen LogP contribution in [-0.2, 0) is 14.3 Å². The minimum absolute atomic E-state index is 0. The molecule has 0 rings (SSSR count). The molecule has 0 aromatic heterocycles. The van der Waals surface area contributed by atoms with Crippen LogP contribution in [0.2, 0.25) is 0 Å². The van der Waals surface area contributed by atoms with Crippen LogP contribution in [0, 0.1) is 5.92 Å². The van der Waals surface area contributed by atoms with Gasteiger partial charge in [0.05, 0.1) is 17.6 Å². The predicted molar refractivity (Wildman–Crippen MR) is 68.9 cm³/mol. The number of carbonyl (C=O) groups excluding carboxylic acids is 2. The van der Waals surface area contributed by atoms with Crippen LogP contribution >= 0.6 is 12.4 Å². The van der Waals surface area contributed by atoms with Crippen molar-refractivity contribution in [1.29, 1.82) is 0 Å². The van der Waals surface area contributed by atoms with Gasteiger partial charge in [0.15, 0.2) is 0 Å². The van der Waals surface area contributed by atoms with Crippen LogP contribution in [0.5, 0.6) is 0 Å². The summed E-state index contributed by atoms with van der Waals surface area (Å²) < 4.78 is 5.01. The van der Waals surface area contributed by atoms with E-state index < -0.39 is 5.54 Å². The van der Waals surface area contributed by atoms with E-state index in [0.29, 0.717) is 0 Å². The van der Waals surface area contributed by atoms with Crippen LogP contribution in [0.25, 0.3) is 0 Å². The summed E-state index contributed by atoms with van der Waals surface area (Å²) in [6.07, 6.45) is -0.142. The molecule has 0 aliphatic heterocycles. The summed E-state index contributed by atoms with van der Waals surface area (Å²) in [5.74, 6) is -0.962. The fraction of sp³-hybridized carbons (Fsp3) is 0.818. The molecule has 5 nitrogen and oxygen atoms in total. The van der Waals surface area contributed by atoms with Crippen molar-refractivity contribution in [2.75, 3.05) is 6.54 Å². The van der Waals surface area contributed by atoms with E-state index in [9.17, 15) is 9.59 Å². The summed E-state index contributed by atoms with van der Waals surface area (Å²) in [6, 6.07) is 0. The molecule has 0 radical (unpaired) electrons. The van der Waals surface area contributed by atoms with Gasteiger partial charge in [0.1, 0.15) is 0 Å². The minimum atomic E-state index is -0.929. The molecule has 1 atom stereocenters. The lowest BCUT2D eigenvalue weighted by atomic mass is 10.1. The maximum atomic E-state index is 11.4. The minimum Gasteiger partial charge on any atom is -0.463 e. The number of ether oxygens (including phenoxy) is 1. The Morgan fingerprint density at radius 2 is 1.76 bits per heavy atom. The Kier molecular flexibility index (Phi) is 8.19. The smallest absolute Gasteiger partial charge is 0.310 e. The third kappa shape index (κ3) is 7.99. The second-order valence-corrected chi connectivity index (χ2v) is 4.82. The van der Waals surface area contributed by atoms with Crippen molar-refractivity contribution in [2.24, 2.45) is 11.7 Å². The Morgan fingerprint density at radius 1 is 1.29 bits per heavy atom. The summed E-state index contributed by atoms with van der Waals surface area (Å²) in [5.41, 5.74) is 4.66. The molecule has 0 saturated heterocycles. The molecule has 0 aromatic rings. The Bertz CT molecular complexity index is 262. The van der Waals surface area contributed by atoms with E-state index >= 15 is 0 Å². The molecule has 0 aliphatic rings. The van der Waals surface area contributed by atoms with E-state index in [2.05, 4.69) is 5.32 Å². The summed E-state index contributed by atoms with van der Waals surface area (Å²) in [7, 11) is 0. The molecule has 6 heteroatoms. The summed E-state index contributed by atoms with van der Waals surface area (Å²) in [6.45, 7) is 8.73. The van der Waals surface area contributed by atoms with Crippen LogP contribution in [-0.4, -0.2) is 30.1 Å². The quantitative estimate of drug-likeness (QED) is 0.723. The maximum absolute atomic E-state index is 11.4. The van der Waals surface area contributed by atoms with Gasteiger partial charge in [-0.15, -0.1) is 12.4 Å². The Hall–Kier alpha value is -0.810. The standard InChI is InChI=1S/C11H22N2O3.ClH/c1-7(2)16-9(14)8(3)6-13-10(15)11(4,5)12;/h7-8H,6,12H2,1-5H3,(H,13,15);1H. The Balaban J connectivity index is 0. The first-order chi connectivity index (χ1) is 7.14. The average molecular weight is 267 g/mol. The van der Waals surface area contributed by atoms with Crippen molar-refractivity contribution in [3.8, 4) is 0 Å². The fourth-order valence-corrected chi connectivity index (χ4v) is 0.905. The average Bonchev–Trinajstić information content (AvgIpc) is 2.10. The lowest BCUT2D eigenvalue weighted by molar-refractivity contribution is -0.151. The first-order valence-electron chi connectivity index (χ1n) is 5.42. The van der Waals surface area contributed by atoms with Crippen LogP contribution in [0.1, 0.15) is 34.6 Å². The SMILES string of the molecule is CC(C)OC(=O)C(C)CNC(=O)C(C)(C)N.Cl. The van der Waals surface area contributed by atoms with Gasteiger partial charge in [0.25, 0.3) is 0 Å². The van der Waals surface area contributed by atoms with E-state index in [1.165, 1.54) is 0 Å². The number of hydrogen-bond donors (Lipinski definition) is 2. The highest BCUT2D eigenvalue weighted by molar-refractivity contribution is 5.85. The summed E-state index contributed by atoms with van der Waals surface area (Å²) in [4.78, 5) is 22.8. The normalized spacial score (nSPS) is 12.6. The van der Waals surface area contributed by atoms with Crippen LogP contribution in [0.4, 0.5) is 0 Å². The van der Waals surface area contributed by atoms with Gasteiger partial charge in [-0.3, -0.25) is 9.59 Å². The Labute approximate surface area is 109 Å². The van der Waals surface area contributed by atoms with Gasteiger partial charge in [-0.1, -0.05) is 6.92 Å². The number of esters is 1. The van der Waals surface area contributed by atoms with E-state index in [-0.39, 0.29) is 42.9 Å². The molecule has 102 valence electrons. The van der Waals surface area contributed by atoms with Crippen LogP contribution < -0.4 is 11.1 Å². The zero-order valence-corrected chi connectivity index (χ0v) is 11.9. The second kappa shape index (κ2) is 7.50. The maximum Gasteiger partial charge on any atom is 0.310 e. The molecule has 0 aliphatic carbocycles. The molecule has 0 fully saturated rings. The first kappa shape index (κ1) is 18.6. The van der Waals surface area contributed by atoms with E-state index in [4.69, 9.17) is 10.5 Å². The second-order valence-electron chi connectivity index (χ2n) is 4.82. The van der Waals surface area contributed by atoms with Gasteiger partial charge in [0, 0.05) is 6.54 Å². The summed E-state index contributed by atoms with van der Waals surface area (Å²) in [5, 5.41) is 2.61. The molecule has 0 aromatic carbocycles. The van der Waals surface area contributed by atoms with Crippen molar-refractivity contribution in [2.45, 2.75) is 46.3 Å². The highest BCUT2D eigenvalue weighted by atomic mass is 35.5. The monoisotopic (exact) mass is 266 g/mol. The molecule has 0 heterocycles. The number of halogens is 1. The van der Waals surface area contributed by atoms with Gasteiger partial charge in [-0.2, -0.15) is 0 Å². The third-order valence-corrected chi connectivity index (χ3v) is 1.91. The molecule has 0 saturated carbocycles. The lowest BCUT2D eigenvalue weighted by Crippen LogP contribution is -2.50. The number of hydrogen-bond acceptors (Lipinski definition) is 4. The number of nitrogens with one attached hydrogen (secondary N) is 1.